The van der Waals surface area contributed by atoms with E-state index in [4.69, 9.17) is 4.74 Å². The number of carbonyl (C=O) groups is 2. The average Bonchev–Trinajstić information content (AvgIpc) is 2.58. The Balaban J connectivity index is 2.67. The van der Waals surface area contributed by atoms with Gasteiger partial charge in [-0.3, -0.25) is 14.5 Å². The zero-order chi connectivity index (χ0) is 14.0. The van der Waals surface area contributed by atoms with Crippen molar-refractivity contribution in [3.63, 3.8) is 0 Å². The van der Waals surface area contributed by atoms with Crippen LogP contribution in [0.2, 0.25) is 0 Å². The van der Waals surface area contributed by atoms with E-state index in [1.807, 2.05) is 0 Å². The smallest absolute Gasteiger partial charge is 0.319 e. The van der Waals surface area contributed by atoms with Crippen LogP contribution in [0.3, 0.4) is 0 Å². The fourth-order valence-corrected chi connectivity index (χ4v) is 2.25. The molecule has 0 spiro atoms. The Morgan fingerprint density at radius 1 is 1.33 bits per heavy atom. The molecular formula is C14H25NO3. The summed E-state index contributed by atoms with van der Waals surface area (Å²) in [5.74, 6) is -0.483. The molecule has 0 aromatic heterocycles. The van der Waals surface area contributed by atoms with E-state index in [9.17, 15) is 9.59 Å². The molecule has 0 aliphatic carbocycles. The van der Waals surface area contributed by atoms with Crippen LogP contribution >= 0.6 is 0 Å². The van der Waals surface area contributed by atoms with Gasteiger partial charge in [-0.15, -0.1) is 0 Å². The molecule has 1 saturated heterocycles. The highest BCUT2D eigenvalue weighted by molar-refractivity contribution is 6.03. The van der Waals surface area contributed by atoms with Crippen LogP contribution in [-0.2, 0) is 14.3 Å². The van der Waals surface area contributed by atoms with Crippen LogP contribution in [-0.4, -0.2) is 41.9 Å². The number of hydrogen-bond acceptors (Lipinski definition) is 4. The lowest BCUT2D eigenvalue weighted by atomic mass is 9.87. The zero-order valence-electron chi connectivity index (χ0n) is 12.2. The van der Waals surface area contributed by atoms with Gasteiger partial charge < -0.3 is 4.74 Å². The first-order valence-electron chi connectivity index (χ1n) is 6.67. The van der Waals surface area contributed by atoms with Gasteiger partial charge in [0.2, 0.25) is 0 Å². The van der Waals surface area contributed by atoms with Crippen molar-refractivity contribution in [2.45, 2.75) is 53.0 Å². The van der Waals surface area contributed by atoms with Crippen molar-refractivity contribution in [2.75, 3.05) is 19.7 Å². The fraction of sp³-hybridized carbons (Fsp3) is 0.857. The number of Topliss-reactive ketones (excluding diaryl/α,β-unsaturated/α-hetero) is 1. The fourth-order valence-electron chi connectivity index (χ4n) is 2.25. The van der Waals surface area contributed by atoms with Crippen molar-refractivity contribution < 1.29 is 14.3 Å². The largest absolute Gasteiger partial charge is 0.465 e. The molecule has 4 heteroatoms. The van der Waals surface area contributed by atoms with Crippen molar-refractivity contribution in [3.8, 4) is 0 Å². The van der Waals surface area contributed by atoms with Gasteiger partial charge in [0.1, 0.15) is 5.41 Å². The number of rotatable bonds is 5. The number of likely N-dealkylation sites (tertiary alicyclic amines) is 1. The van der Waals surface area contributed by atoms with Crippen molar-refractivity contribution in [1.82, 2.24) is 4.90 Å². The molecule has 1 aliphatic heterocycles. The van der Waals surface area contributed by atoms with Gasteiger partial charge in [0.05, 0.1) is 13.2 Å². The predicted molar refractivity (Wildman–Crippen MR) is 70.3 cm³/mol. The Morgan fingerprint density at radius 2 is 1.94 bits per heavy atom. The lowest BCUT2D eigenvalue weighted by Gasteiger charge is -2.33. The predicted octanol–water partition coefficient (Wildman–Crippen LogP) is 2.02. The zero-order valence-corrected chi connectivity index (χ0v) is 12.2. The Morgan fingerprint density at radius 3 is 2.39 bits per heavy atom. The molecule has 0 bridgehead atoms. The van der Waals surface area contributed by atoms with Gasteiger partial charge in [-0.25, -0.2) is 0 Å². The highest BCUT2D eigenvalue weighted by atomic mass is 16.5. The molecule has 0 aromatic carbocycles. The molecule has 4 nitrogen and oxygen atoms in total. The number of esters is 1. The third kappa shape index (κ3) is 3.10. The molecule has 18 heavy (non-hydrogen) atoms. The van der Waals surface area contributed by atoms with Crippen molar-refractivity contribution in [1.29, 1.82) is 0 Å². The molecular weight excluding hydrogens is 230 g/mol. The van der Waals surface area contributed by atoms with Crippen LogP contribution < -0.4 is 0 Å². The minimum atomic E-state index is -1.05. The maximum Gasteiger partial charge on any atom is 0.319 e. The quantitative estimate of drug-likeness (QED) is 0.557. The number of ether oxygens (including phenoxy) is 1. The summed E-state index contributed by atoms with van der Waals surface area (Å²) in [5, 5.41) is 0. The van der Waals surface area contributed by atoms with Gasteiger partial charge in [-0.2, -0.15) is 0 Å². The molecule has 0 N–H and O–H groups in total. The summed E-state index contributed by atoms with van der Waals surface area (Å²) in [4.78, 5) is 26.2. The van der Waals surface area contributed by atoms with E-state index in [1.165, 1.54) is 0 Å². The van der Waals surface area contributed by atoms with Gasteiger partial charge in [-0.05, 0) is 54.0 Å². The standard InChI is InChI=1S/C14H25NO3/c1-6-18-12(17)14(4,5)11(16)10-15-9-7-8-13(15,2)3/h6-10H2,1-5H3. The Bertz CT molecular complexity index is 334. The maximum absolute atomic E-state index is 12.3. The van der Waals surface area contributed by atoms with Crippen LogP contribution in [0.1, 0.15) is 47.5 Å². The summed E-state index contributed by atoms with van der Waals surface area (Å²) in [7, 11) is 0. The van der Waals surface area contributed by atoms with Crippen molar-refractivity contribution >= 4 is 11.8 Å². The van der Waals surface area contributed by atoms with Crippen molar-refractivity contribution in [3.05, 3.63) is 0 Å². The van der Waals surface area contributed by atoms with Crippen LogP contribution in [0.25, 0.3) is 0 Å². The van der Waals surface area contributed by atoms with Gasteiger partial charge in [0.25, 0.3) is 0 Å². The Kier molecular flexibility index (Phi) is 4.54. The van der Waals surface area contributed by atoms with E-state index in [0.29, 0.717) is 13.2 Å². The van der Waals surface area contributed by atoms with Crippen LogP contribution in [0.4, 0.5) is 0 Å². The molecule has 0 radical (unpaired) electrons. The van der Waals surface area contributed by atoms with Gasteiger partial charge >= 0.3 is 5.97 Å². The first-order chi connectivity index (χ1) is 8.21. The topological polar surface area (TPSA) is 46.6 Å². The maximum atomic E-state index is 12.3. The number of ketones is 1. The van der Waals surface area contributed by atoms with E-state index in [1.54, 1.807) is 20.8 Å². The minimum absolute atomic E-state index is 0.0560. The third-order valence-electron chi connectivity index (χ3n) is 3.89. The second-order valence-corrected chi connectivity index (χ2v) is 6.11. The SMILES string of the molecule is CCOC(=O)C(C)(C)C(=O)CN1CCCC1(C)C. The van der Waals surface area contributed by atoms with Gasteiger partial charge in [-0.1, -0.05) is 0 Å². The Labute approximate surface area is 110 Å². The molecule has 1 rings (SSSR count). The van der Waals surface area contributed by atoms with Crippen LogP contribution in [0, 0.1) is 5.41 Å². The first kappa shape index (κ1) is 15.2. The highest BCUT2D eigenvalue weighted by Crippen LogP contribution is 2.29. The summed E-state index contributed by atoms with van der Waals surface area (Å²) in [6, 6.07) is 0. The number of carbonyl (C=O) groups excluding carboxylic acids is 2. The summed E-state index contributed by atoms with van der Waals surface area (Å²) in [5.41, 5.74) is -0.991. The van der Waals surface area contributed by atoms with Gasteiger partial charge in [0, 0.05) is 5.54 Å². The van der Waals surface area contributed by atoms with Crippen LogP contribution in [0.15, 0.2) is 0 Å². The number of hydrogen-bond donors (Lipinski definition) is 0. The lowest BCUT2D eigenvalue weighted by molar-refractivity contribution is -0.158. The highest BCUT2D eigenvalue weighted by Gasteiger charge is 2.41. The van der Waals surface area contributed by atoms with Crippen LogP contribution in [0.5, 0.6) is 0 Å². The van der Waals surface area contributed by atoms with Gasteiger partial charge in [0.15, 0.2) is 5.78 Å². The van der Waals surface area contributed by atoms with E-state index >= 15 is 0 Å². The molecule has 104 valence electrons. The Hall–Kier alpha value is -0.900. The molecule has 0 unspecified atom stereocenters. The molecule has 0 aromatic rings. The minimum Gasteiger partial charge on any atom is -0.465 e. The van der Waals surface area contributed by atoms with E-state index in [-0.39, 0.29) is 11.3 Å². The molecule has 0 atom stereocenters. The lowest BCUT2D eigenvalue weighted by Crippen LogP contribution is -2.47. The first-order valence-corrected chi connectivity index (χ1v) is 6.67. The molecule has 1 aliphatic rings. The average molecular weight is 255 g/mol. The van der Waals surface area contributed by atoms with E-state index in [0.717, 1.165) is 19.4 Å². The van der Waals surface area contributed by atoms with Crippen molar-refractivity contribution in [2.24, 2.45) is 5.41 Å². The van der Waals surface area contributed by atoms with E-state index in [2.05, 4.69) is 18.7 Å². The molecule has 0 amide bonds. The third-order valence-corrected chi connectivity index (χ3v) is 3.89. The molecule has 1 fully saturated rings. The summed E-state index contributed by atoms with van der Waals surface area (Å²) in [6.45, 7) is 10.9. The molecule has 0 saturated carbocycles. The second-order valence-electron chi connectivity index (χ2n) is 6.11. The summed E-state index contributed by atoms with van der Waals surface area (Å²) < 4.78 is 4.97. The number of nitrogens with zero attached hydrogens (tertiary/aromatic N) is 1. The molecule has 1 heterocycles. The normalized spacial score (nSPS) is 19.8. The summed E-state index contributed by atoms with van der Waals surface area (Å²) >= 11 is 0. The summed E-state index contributed by atoms with van der Waals surface area (Å²) in [6.07, 6.45) is 2.21. The second kappa shape index (κ2) is 5.39. The monoisotopic (exact) mass is 255 g/mol. The van der Waals surface area contributed by atoms with E-state index < -0.39 is 11.4 Å².